The van der Waals surface area contributed by atoms with Crippen LogP contribution in [0, 0.1) is 0 Å². The Morgan fingerprint density at radius 1 is 0.460 bits per heavy atom. The molecule has 0 saturated carbocycles. The fourth-order valence-electron chi connectivity index (χ4n) is 1.61. The number of hydroxylamine groups is 2. The van der Waals surface area contributed by atoms with Gasteiger partial charge < -0.3 is 96.4 Å². The lowest BCUT2D eigenvalue weighted by molar-refractivity contribution is -0.197. The maximum absolute atomic E-state index is 11.3. The fourth-order valence-corrected chi connectivity index (χ4v) is 1.61. The Labute approximate surface area is 286 Å². The molecule has 2 amide bonds. The predicted molar refractivity (Wildman–Crippen MR) is 161 cm³/mol. The summed E-state index contributed by atoms with van der Waals surface area (Å²) in [5.41, 5.74) is 0. The third-order valence-electron chi connectivity index (χ3n) is 4.49. The summed E-state index contributed by atoms with van der Waals surface area (Å²) < 4.78 is 4.55. The van der Waals surface area contributed by atoms with Gasteiger partial charge in [0.25, 0.3) is 11.8 Å². The number of carbonyl (C=O) groups is 4. The first-order chi connectivity index (χ1) is 23.5. The Hall–Kier alpha value is -2.60. The molecule has 1 aliphatic heterocycles. The van der Waals surface area contributed by atoms with Crippen molar-refractivity contribution in [1.82, 2.24) is 5.06 Å². The SMILES string of the molecule is O=C(CCC(=O)ON1C(=O)CCC1=O)OCC(O)CO.OCC(O)CO.OCC(O)CO.OCC(O)CO.OCC(O)CO.OCC(O)CO. The van der Waals surface area contributed by atoms with Crippen molar-refractivity contribution in [1.29, 1.82) is 0 Å². The van der Waals surface area contributed by atoms with Crippen LogP contribution in [0.15, 0.2) is 0 Å². The van der Waals surface area contributed by atoms with Gasteiger partial charge in [-0.1, -0.05) is 0 Å². The summed E-state index contributed by atoms with van der Waals surface area (Å²) in [7, 11) is 0. The van der Waals surface area contributed by atoms with Gasteiger partial charge in [-0.2, -0.15) is 0 Å². The van der Waals surface area contributed by atoms with Gasteiger partial charge in [-0.3, -0.25) is 14.4 Å². The highest BCUT2D eigenvalue weighted by Crippen LogP contribution is 2.13. The number of imide groups is 1. The number of rotatable bonds is 17. The van der Waals surface area contributed by atoms with Crippen LogP contribution < -0.4 is 0 Å². The lowest BCUT2D eigenvalue weighted by atomic mass is 10.3. The Morgan fingerprint density at radius 2 is 0.700 bits per heavy atom. The molecule has 0 aromatic carbocycles. The molecule has 302 valence electrons. The number of ether oxygens (including phenoxy) is 1. The van der Waals surface area contributed by atoms with E-state index < -0.39 is 67.0 Å². The van der Waals surface area contributed by atoms with E-state index >= 15 is 0 Å². The molecule has 1 rings (SSSR count). The molecule has 24 heteroatoms. The zero-order valence-corrected chi connectivity index (χ0v) is 27.3. The lowest BCUT2D eigenvalue weighted by Gasteiger charge is -2.12. The summed E-state index contributed by atoms with van der Waals surface area (Å²) in [6.45, 7) is -4.57. The third kappa shape index (κ3) is 41.6. The molecule has 1 atom stereocenters. The second kappa shape index (κ2) is 40.8. The summed E-state index contributed by atoms with van der Waals surface area (Å²) in [4.78, 5) is 49.3. The maximum atomic E-state index is 11.3. The van der Waals surface area contributed by atoms with Gasteiger partial charge >= 0.3 is 11.9 Å². The largest absolute Gasteiger partial charge is 0.463 e. The predicted octanol–water partition coefficient (Wildman–Crippen LogP) is -10.1. The topological polar surface area (TPSA) is 434 Å². The first-order valence-electron chi connectivity index (χ1n) is 14.5. The van der Waals surface area contributed by atoms with Gasteiger partial charge in [0.1, 0.15) is 43.2 Å². The number of amides is 2. The van der Waals surface area contributed by atoms with Gasteiger partial charge in [0.2, 0.25) is 0 Å². The second-order valence-corrected chi connectivity index (χ2v) is 9.16. The number of hydrogen-bond acceptors (Lipinski definition) is 23. The summed E-state index contributed by atoms with van der Waals surface area (Å²) in [5.74, 6) is -2.88. The highest BCUT2D eigenvalue weighted by atomic mass is 16.7. The van der Waals surface area contributed by atoms with Gasteiger partial charge in [0.05, 0.1) is 85.5 Å². The molecule has 24 nitrogen and oxygen atoms in total. The number of carbonyl (C=O) groups excluding carboxylic acids is 4. The van der Waals surface area contributed by atoms with Crippen LogP contribution in [0.25, 0.3) is 0 Å². The molecule has 1 aliphatic rings. The number of aliphatic hydroxyl groups excluding tert-OH is 17. The van der Waals surface area contributed by atoms with Crippen molar-refractivity contribution < 1.29 is 116 Å². The van der Waals surface area contributed by atoms with E-state index in [4.69, 9.17) is 86.8 Å². The Bertz CT molecular complexity index is 699. The van der Waals surface area contributed by atoms with Gasteiger partial charge in [0.15, 0.2) is 0 Å². The Balaban J connectivity index is -0.000000185. The van der Waals surface area contributed by atoms with Gasteiger partial charge in [0, 0.05) is 12.8 Å². The molecule has 0 bridgehead atoms. The monoisotopic (exact) mass is 749 g/mol. The Morgan fingerprint density at radius 3 is 0.920 bits per heavy atom. The molecule has 1 heterocycles. The average Bonchev–Trinajstić information content (AvgIpc) is 3.47. The highest BCUT2D eigenvalue weighted by Gasteiger charge is 2.32. The van der Waals surface area contributed by atoms with Crippen molar-refractivity contribution in [3.63, 3.8) is 0 Å². The zero-order chi connectivity index (χ0) is 40.1. The van der Waals surface area contributed by atoms with E-state index in [1.807, 2.05) is 0 Å². The molecule has 50 heavy (non-hydrogen) atoms. The van der Waals surface area contributed by atoms with Crippen molar-refractivity contribution in [2.45, 2.75) is 62.3 Å². The molecule has 0 aromatic rings. The van der Waals surface area contributed by atoms with Crippen LogP contribution in [0.3, 0.4) is 0 Å². The molecule has 0 aliphatic carbocycles. The van der Waals surface area contributed by atoms with E-state index in [2.05, 4.69) is 9.57 Å². The first kappa shape index (κ1) is 56.8. The minimum atomic E-state index is -1.18. The van der Waals surface area contributed by atoms with E-state index in [1.165, 1.54) is 0 Å². The highest BCUT2D eigenvalue weighted by molar-refractivity contribution is 6.01. The summed E-state index contributed by atoms with van der Waals surface area (Å²) >= 11 is 0. The minimum Gasteiger partial charge on any atom is -0.463 e. The van der Waals surface area contributed by atoms with Gasteiger partial charge in [-0.25, -0.2) is 4.79 Å². The van der Waals surface area contributed by atoms with Crippen molar-refractivity contribution in [2.75, 3.05) is 79.3 Å². The normalized spacial score (nSPS) is 12.5. The molecule has 17 N–H and O–H groups in total. The molecule has 0 radical (unpaired) electrons. The van der Waals surface area contributed by atoms with Gasteiger partial charge in [-0.05, 0) is 0 Å². The minimum absolute atomic E-state index is 0.00674. The van der Waals surface area contributed by atoms with Crippen molar-refractivity contribution in [3.05, 3.63) is 0 Å². The second-order valence-electron chi connectivity index (χ2n) is 9.16. The summed E-state index contributed by atoms with van der Waals surface area (Å²) in [6.07, 6.45) is -6.65. The van der Waals surface area contributed by atoms with Crippen molar-refractivity contribution in [2.24, 2.45) is 0 Å². The number of esters is 1. The third-order valence-corrected chi connectivity index (χ3v) is 4.49. The van der Waals surface area contributed by atoms with Crippen LogP contribution in [-0.2, 0) is 28.8 Å². The molecule has 1 fully saturated rings. The fraction of sp³-hybridized carbons (Fsp3) is 0.846. The van der Waals surface area contributed by atoms with Crippen LogP contribution in [0.2, 0.25) is 0 Å². The molecular weight excluding hydrogens is 694 g/mol. The van der Waals surface area contributed by atoms with Crippen LogP contribution in [0.4, 0.5) is 0 Å². The van der Waals surface area contributed by atoms with Crippen LogP contribution in [0.1, 0.15) is 25.7 Å². The summed E-state index contributed by atoms with van der Waals surface area (Å²) in [5, 5.41) is 138. The molecule has 1 saturated heterocycles. The number of nitrogens with zero attached hydrogens (tertiary/aromatic N) is 1. The van der Waals surface area contributed by atoms with Crippen molar-refractivity contribution in [3.8, 4) is 0 Å². The van der Waals surface area contributed by atoms with E-state index in [9.17, 15) is 19.2 Å². The van der Waals surface area contributed by atoms with Crippen molar-refractivity contribution >= 4 is 23.8 Å². The number of hydrogen-bond donors (Lipinski definition) is 17. The summed E-state index contributed by atoms with van der Waals surface area (Å²) in [6, 6.07) is 0. The van der Waals surface area contributed by atoms with E-state index in [0.29, 0.717) is 5.06 Å². The zero-order valence-electron chi connectivity index (χ0n) is 27.3. The molecule has 1 unspecified atom stereocenters. The molecule has 0 spiro atoms. The van der Waals surface area contributed by atoms with Gasteiger partial charge in [-0.15, -0.1) is 5.06 Å². The number of aliphatic hydroxyl groups is 17. The van der Waals surface area contributed by atoms with E-state index in [-0.39, 0.29) is 98.4 Å². The van der Waals surface area contributed by atoms with Crippen LogP contribution in [-0.4, -0.2) is 232 Å². The standard InChI is InChI=1S/C11H15NO8.5C3H8O3/c13-5-7(14)6-19-10(17)3-4-11(18)20-12-8(15)1-2-9(12)16;5*4-1-3(6)2-5/h7,13-14H,1-6H2;5*3-6H,1-2H2. The molecular formula is C26H55NO23. The molecule has 0 aromatic heterocycles. The first-order valence-corrected chi connectivity index (χ1v) is 14.5. The average molecular weight is 750 g/mol. The maximum Gasteiger partial charge on any atom is 0.333 e. The quantitative estimate of drug-likeness (QED) is 0.0485. The Kier molecular flexibility index (Phi) is 46.4. The van der Waals surface area contributed by atoms with Crippen LogP contribution in [0.5, 0.6) is 0 Å². The lowest BCUT2D eigenvalue weighted by Crippen LogP contribution is -2.32. The van der Waals surface area contributed by atoms with E-state index in [1.54, 1.807) is 0 Å². The van der Waals surface area contributed by atoms with E-state index in [0.717, 1.165) is 0 Å². The van der Waals surface area contributed by atoms with Crippen LogP contribution >= 0.6 is 0 Å². The smallest absolute Gasteiger partial charge is 0.333 e.